The van der Waals surface area contributed by atoms with Gasteiger partial charge >= 0.3 is 0 Å². The van der Waals surface area contributed by atoms with Crippen LogP contribution in [0.4, 0.5) is 4.39 Å². The fourth-order valence-corrected chi connectivity index (χ4v) is 3.91. The molecule has 0 saturated heterocycles. The molecule has 0 spiro atoms. The molecule has 0 bridgehead atoms. The predicted molar refractivity (Wildman–Crippen MR) is 124 cm³/mol. The maximum absolute atomic E-state index is 14.6. The van der Waals surface area contributed by atoms with Gasteiger partial charge in [0.1, 0.15) is 11.6 Å². The number of hydrogen-bond donors (Lipinski definition) is 1. The molecule has 0 saturated carbocycles. The van der Waals surface area contributed by atoms with Crippen molar-refractivity contribution in [2.75, 3.05) is 13.7 Å². The Morgan fingerprint density at radius 3 is 2.48 bits per heavy atom. The molecule has 3 aromatic carbocycles. The quantitative estimate of drug-likeness (QED) is 0.578. The van der Waals surface area contributed by atoms with Crippen LogP contribution in [0.25, 0.3) is 0 Å². The number of nitrogens with one attached hydrogen (secondary N) is 1. The zero-order chi connectivity index (χ0) is 23.4. The third kappa shape index (κ3) is 4.88. The highest BCUT2D eigenvalue weighted by molar-refractivity contribution is 6.34. The predicted octanol–water partition coefficient (Wildman–Crippen LogP) is 4.60. The first-order chi connectivity index (χ1) is 16.0. The minimum atomic E-state index is -0.650. The van der Waals surface area contributed by atoms with Crippen molar-refractivity contribution in [3.05, 3.63) is 100 Å². The Balaban J connectivity index is 1.55. The van der Waals surface area contributed by atoms with Crippen LogP contribution >= 0.6 is 11.6 Å². The first-order valence-electron chi connectivity index (χ1n) is 10.3. The molecule has 4 rings (SSSR count). The molecule has 0 unspecified atom stereocenters. The van der Waals surface area contributed by atoms with Gasteiger partial charge in [0.05, 0.1) is 25.4 Å². The molecular formula is C25H21ClFN3O3. The summed E-state index contributed by atoms with van der Waals surface area (Å²) in [5, 5.41) is 8.80. The molecule has 1 aliphatic rings. The summed E-state index contributed by atoms with van der Waals surface area (Å²) in [4.78, 5) is 25.5. The normalized spacial score (nSPS) is 15.2. The number of hydrogen-bond acceptors (Lipinski definition) is 4. The van der Waals surface area contributed by atoms with Gasteiger partial charge in [0, 0.05) is 28.1 Å². The Kier molecular flexibility index (Phi) is 6.70. The standard InChI is InChI=1S/C25H21ClFN3O3/c1-33-17-12-10-16(11-13-17)25(32)28-15-24(31)30-23(19-7-3-5-9-21(19)27)14-22(29-30)18-6-2-4-8-20(18)26/h2-13,23H,14-15H2,1H3,(H,28,32)/t23-/m0/s1. The largest absolute Gasteiger partial charge is 0.497 e. The van der Waals surface area contributed by atoms with Crippen molar-refractivity contribution in [1.29, 1.82) is 0 Å². The second-order valence-corrected chi connectivity index (χ2v) is 7.82. The van der Waals surface area contributed by atoms with E-state index in [4.69, 9.17) is 16.3 Å². The number of benzene rings is 3. The minimum Gasteiger partial charge on any atom is -0.497 e. The number of nitrogens with zero attached hydrogens (tertiary/aromatic N) is 2. The van der Waals surface area contributed by atoms with Crippen LogP contribution in [-0.2, 0) is 4.79 Å². The number of hydrazone groups is 1. The second-order valence-electron chi connectivity index (χ2n) is 7.42. The summed E-state index contributed by atoms with van der Waals surface area (Å²) in [5.41, 5.74) is 1.98. The van der Waals surface area contributed by atoms with E-state index >= 15 is 0 Å². The van der Waals surface area contributed by atoms with Crippen molar-refractivity contribution < 1.29 is 18.7 Å². The molecule has 1 atom stereocenters. The highest BCUT2D eigenvalue weighted by Crippen LogP contribution is 2.35. The lowest BCUT2D eigenvalue weighted by atomic mass is 9.98. The highest BCUT2D eigenvalue weighted by Gasteiger charge is 2.35. The zero-order valence-corrected chi connectivity index (χ0v) is 18.6. The Morgan fingerprint density at radius 2 is 1.79 bits per heavy atom. The van der Waals surface area contributed by atoms with Gasteiger partial charge in [0.25, 0.3) is 11.8 Å². The number of halogens is 2. The number of amides is 2. The molecule has 2 amide bonds. The average Bonchev–Trinajstić information content (AvgIpc) is 3.28. The molecule has 0 radical (unpaired) electrons. The molecule has 0 aliphatic carbocycles. The second kappa shape index (κ2) is 9.83. The van der Waals surface area contributed by atoms with Gasteiger partial charge in [-0.25, -0.2) is 9.40 Å². The number of carbonyl (C=O) groups excluding carboxylic acids is 2. The summed E-state index contributed by atoms with van der Waals surface area (Å²) >= 11 is 6.32. The van der Waals surface area contributed by atoms with Gasteiger partial charge in [0.2, 0.25) is 0 Å². The zero-order valence-electron chi connectivity index (χ0n) is 17.8. The van der Waals surface area contributed by atoms with Crippen molar-refractivity contribution in [3.8, 4) is 5.75 Å². The monoisotopic (exact) mass is 465 g/mol. The number of ether oxygens (including phenoxy) is 1. The van der Waals surface area contributed by atoms with Gasteiger partial charge in [-0.2, -0.15) is 5.10 Å². The van der Waals surface area contributed by atoms with Gasteiger partial charge < -0.3 is 10.1 Å². The van der Waals surface area contributed by atoms with Crippen molar-refractivity contribution in [1.82, 2.24) is 10.3 Å². The van der Waals surface area contributed by atoms with Gasteiger partial charge in [-0.1, -0.05) is 48.0 Å². The van der Waals surface area contributed by atoms with E-state index in [-0.39, 0.29) is 6.54 Å². The van der Waals surface area contributed by atoms with E-state index in [0.717, 1.165) is 0 Å². The van der Waals surface area contributed by atoms with E-state index in [9.17, 15) is 14.0 Å². The van der Waals surface area contributed by atoms with Crippen molar-refractivity contribution >= 4 is 29.1 Å². The number of rotatable bonds is 6. The molecule has 0 fully saturated rings. The number of carbonyl (C=O) groups is 2. The fourth-order valence-electron chi connectivity index (χ4n) is 3.67. The first kappa shape index (κ1) is 22.5. The molecule has 8 heteroatoms. The number of methoxy groups -OCH3 is 1. The minimum absolute atomic E-state index is 0.294. The van der Waals surface area contributed by atoms with E-state index in [1.165, 1.54) is 18.2 Å². The third-order valence-corrected chi connectivity index (χ3v) is 5.70. The summed E-state index contributed by atoms with van der Waals surface area (Å²) in [5.74, 6) is -0.692. The Morgan fingerprint density at radius 1 is 1.09 bits per heavy atom. The smallest absolute Gasteiger partial charge is 0.262 e. The van der Waals surface area contributed by atoms with Crippen LogP contribution in [0.1, 0.15) is 33.9 Å². The molecule has 1 heterocycles. The highest BCUT2D eigenvalue weighted by atomic mass is 35.5. The van der Waals surface area contributed by atoms with E-state index < -0.39 is 23.7 Å². The maximum Gasteiger partial charge on any atom is 0.262 e. The topological polar surface area (TPSA) is 71.0 Å². The molecule has 1 N–H and O–H groups in total. The van der Waals surface area contributed by atoms with Crippen molar-refractivity contribution in [3.63, 3.8) is 0 Å². The SMILES string of the molecule is COc1ccc(C(=O)NCC(=O)N2N=C(c3ccccc3Cl)C[C@H]2c2ccccc2F)cc1. The lowest BCUT2D eigenvalue weighted by molar-refractivity contribution is -0.131. The van der Waals surface area contributed by atoms with Crippen LogP contribution in [0, 0.1) is 5.82 Å². The van der Waals surface area contributed by atoms with Gasteiger partial charge in [-0.3, -0.25) is 9.59 Å². The summed E-state index contributed by atoms with van der Waals surface area (Å²) in [7, 11) is 1.53. The molecule has 1 aliphatic heterocycles. The van der Waals surface area contributed by atoms with E-state index in [0.29, 0.717) is 39.6 Å². The van der Waals surface area contributed by atoms with Crippen molar-refractivity contribution in [2.45, 2.75) is 12.5 Å². The van der Waals surface area contributed by atoms with E-state index in [1.54, 1.807) is 60.7 Å². The maximum atomic E-state index is 14.6. The third-order valence-electron chi connectivity index (χ3n) is 5.37. The summed E-state index contributed by atoms with van der Waals surface area (Å²) in [6, 6.07) is 19.3. The summed E-state index contributed by atoms with van der Waals surface area (Å²) in [6.45, 7) is -0.297. The lowest BCUT2D eigenvalue weighted by Crippen LogP contribution is -2.38. The van der Waals surface area contributed by atoms with Crippen LogP contribution < -0.4 is 10.1 Å². The van der Waals surface area contributed by atoms with Gasteiger partial charge in [-0.15, -0.1) is 0 Å². The summed E-state index contributed by atoms with van der Waals surface area (Å²) < 4.78 is 19.7. The Labute approximate surface area is 195 Å². The molecule has 6 nitrogen and oxygen atoms in total. The Hall–Kier alpha value is -3.71. The molecule has 3 aromatic rings. The van der Waals surface area contributed by atoms with Gasteiger partial charge in [0.15, 0.2) is 0 Å². The molecular weight excluding hydrogens is 445 g/mol. The van der Waals surface area contributed by atoms with E-state index in [1.807, 2.05) is 6.07 Å². The molecule has 33 heavy (non-hydrogen) atoms. The average molecular weight is 466 g/mol. The van der Waals surface area contributed by atoms with Crippen LogP contribution in [0.3, 0.4) is 0 Å². The lowest BCUT2D eigenvalue weighted by Gasteiger charge is -2.22. The fraction of sp³-hybridized carbons (Fsp3) is 0.160. The first-order valence-corrected chi connectivity index (χ1v) is 10.7. The van der Waals surface area contributed by atoms with Crippen LogP contribution in [0.5, 0.6) is 5.75 Å². The van der Waals surface area contributed by atoms with E-state index in [2.05, 4.69) is 10.4 Å². The van der Waals surface area contributed by atoms with Gasteiger partial charge in [-0.05, 0) is 36.4 Å². The molecule has 168 valence electrons. The summed E-state index contributed by atoms with van der Waals surface area (Å²) in [6.07, 6.45) is 0.294. The Bertz CT molecular complexity index is 1210. The molecule has 0 aromatic heterocycles. The van der Waals surface area contributed by atoms with Crippen molar-refractivity contribution in [2.24, 2.45) is 5.10 Å². The van der Waals surface area contributed by atoms with Crippen LogP contribution in [-0.4, -0.2) is 36.2 Å². The van der Waals surface area contributed by atoms with Crippen LogP contribution in [0.2, 0.25) is 5.02 Å². The van der Waals surface area contributed by atoms with Crippen LogP contribution in [0.15, 0.2) is 77.9 Å².